The largest absolute Gasteiger partial charge is 0.443 e. The molecular formula is C51H33N3O. The Labute approximate surface area is 318 Å². The number of hydrogen-bond donors (Lipinski definition) is 0. The van der Waals surface area contributed by atoms with Gasteiger partial charge in [-0.15, -0.1) is 0 Å². The Hall–Kier alpha value is -7.43. The van der Waals surface area contributed by atoms with E-state index in [4.69, 9.17) is 4.42 Å². The van der Waals surface area contributed by atoms with E-state index in [1.165, 1.54) is 61.7 Å². The number of fused-ring (bicyclic) bond motifs is 6. The summed E-state index contributed by atoms with van der Waals surface area (Å²) < 4.78 is 7.96. The lowest BCUT2D eigenvalue weighted by atomic mass is 9.94. The van der Waals surface area contributed by atoms with Crippen molar-refractivity contribution in [1.82, 2.24) is 9.55 Å². The minimum atomic E-state index is 0.786. The number of aromatic nitrogens is 2. The summed E-state index contributed by atoms with van der Waals surface area (Å²) in [6, 6.07) is 65.5. The van der Waals surface area contributed by atoms with Crippen LogP contribution in [0.5, 0.6) is 0 Å². The van der Waals surface area contributed by atoms with Crippen LogP contribution in [0.1, 0.15) is 11.1 Å². The molecule has 0 unspecified atom stereocenters. The fraction of sp³-hybridized carbons (Fsp3) is 0. The Morgan fingerprint density at radius 2 is 1.15 bits per heavy atom. The Kier molecular flexibility index (Phi) is 7.14. The number of benzene rings is 8. The molecule has 0 aliphatic carbocycles. The monoisotopic (exact) mass is 703 g/mol. The molecule has 258 valence electrons. The number of nitrogens with zero attached hydrogens (tertiary/aromatic N) is 3. The van der Waals surface area contributed by atoms with Gasteiger partial charge in [-0.25, -0.2) is 4.98 Å². The molecule has 10 aromatic rings. The molecule has 1 aliphatic heterocycles. The van der Waals surface area contributed by atoms with Gasteiger partial charge in [-0.05, 0) is 99.1 Å². The topological polar surface area (TPSA) is 34.2 Å². The van der Waals surface area contributed by atoms with Gasteiger partial charge in [0.2, 0.25) is 0 Å². The maximum atomic E-state index is 5.51. The summed E-state index contributed by atoms with van der Waals surface area (Å²) in [5.41, 5.74) is 17.8. The molecule has 0 spiro atoms. The van der Waals surface area contributed by atoms with E-state index in [1.807, 2.05) is 6.07 Å². The van der Waals surface area contributed by atoms with Gasteiger partial charge in [-0.3, -0.25) is 0 Å². The summed E-state index contributed by atoms with van der Waals surface area (Å²) >= 11 is 0. The minimum Gasteiger partial charge on any atom is -0.443 e. The van der Waals surface area contributed by atoms with Crippen LogP contribution in [0.15, 0.2) is 193 Å². The van der Waals surface area contributed by atoms with E-state index in [2.05, 4.69) is 203 Å². The van der Waals surface area contributed by atoms with Crippen LogP contribution in [0.25, 0.3) is 84.1 Å². The zero-order valence-corrected chi connectivity index (χ0v) is 29.8. The lowest BCUT2D eigenvalue weighted by molar-refractivity contribution is 0.602. The van der Waals surface area contributed by atoms with E-state index >= 15 is 0 Å². The van der Waals surface area contributed by atoms with Crippen molar-refractivity contribution in [2.45, 2.75) is 0 Å². The molecule has 3 heterocycles. The second-order valence-electron chi connectivity index (χ2n) is 14.1. The van der Waals surface area contributed by atoms with Crippen LogP contribution in [0.4, 0.5) is 17.1 Å². The lowest BCUT2D eigenvalue weighted by Gasteiger charge is -2.27. The molecule has 0 radical (unpaired) electrons. The molecule has 1 aliphatic rings. The molecule has 0 atom stereocenters. The number of hydrogen-bond acceptors (Lipinski definition) is 3. The van der Waals surface area contributed by atoms with Gasteiger partial charge in [0, 0.05) is 27.8 Å². The molecule has 0 saturated heterocycles. The molecule has 0 fully saturated rings. The normalized spacial score (nSPS) is 11.9. The molecule has 4 nitrogen and oxygen atoms in total. The maximum Gasteiger partial charge on any atom is 0.181 e. The standard InChI is InChI=1S/C51H33N3O/c1-2-10-35(11-3-1)43-16-5-6-17-44(43)39-14-8-15-41(30-39)53(40-25-22-34(23-26-40)38-24-29-50-47(31-38)52-33-55-50)42-27-28-45-46-18-9-13-37-21-20-36-12-4-7-19-48(36)54(51(37)46)49(45)32-42/h1-33H. The zero-order valence-electron chi connectivity index (χ0n) is 29.8. The van der Waals surface area contributed by atoms with Crippen LogP contribution >= 0.6 is 0 Å². The molecule has 11 rings (SSSR count). The number of para-hydroxylation sites is 2. The molecule has 55 heavy (non-hydrogen) atoms. The highest BCUT2D eigenvalue weighted by molar-refractivity contribution is 6.14. The Bertz CT molecular complexity index is 3100. The van der Waals surface area contributed by atoms with Crippen LogP contribution in [-0.4, -0.2) is 9.55 Å². The second-order valence-corrected chi connectivity index (χ2v) is 14.1. The van der Waals surface area contributed by atoms with Gasteiger partial charge in [-0.1, -0.05) is 140 Å². The molecule has 4 heteroatoms. The molecule has 8 aromatic carbocycles. The first-order chi connectivity index (χ1) is 27.3. The summed E-state index contributed by atoms with van der Waals surface area (Å²) in [6.07, 6.45) is 5.98. The average Bonchev–Trinajstić information content (AvgIpc) is 3.81. The van der Waals surface area contributed by atoms with E-state index in [9.17, 15) is 0 Å². The summed E-state index contributed by atoms with van der Waals surface area (Å²) in [5.74, 6) is 0. The quantitative estimate of drug-likeness (QED) is 0.173. The van der Waals surface area contributed by atoms with Crippen molar-refractivity contribution < 1.29 is 4.42 Å². The second kappa shape index (κ2) is 12.6. The van der Waals surface area contributed by atoms with Crippen molar-refractivity contribution in [2.75, 3.05) is 4.90 Å². The van der Waals surface area contributed by atoms with E-state index < -0.39 is 0 Å². The maximum absolute atomic E-state index is 5.51. The van der Waals surface area contributed by atoms with E-state index in [-0.39, 0.29) is 0 Å². The Morgan fingerprint density at radius 1 is 0.455 bits per heavy atom. The molecule has 0 bridgehead atoms. The molecule has 0 N–H and O–H groups in total. The fourth-order valence-electron chi connectivity index (χ4n) is 8.32. The average molecular weight is 704 g/mol. The van der Waals surface area contributed by atoms with E-state index in [0.29, 0.717) is 0 Å². The van der Waals surface area contributed by atoms with Crippen LogP contribution < -0.4 is 4.90 Å². The van der Waals surface area contributed by atoms with Crippen molar-refractivity contribution in [3.05, 3.63) is 200 Å². The number of rotatable bonds is 6. The zero-order chi connectivity index (χ0) is 36.3. The third-order valence-corrected chi connectivity index (χ3v) is 10.9. The van der Waals surface area contributed by atoms with Crippen molar-refractivity contribution in [1.29, 1.82) is 0 Å². The Balaban J connectivity index is 1.11. The third-order valence-electron chi connectivity index (χ3n) is 10.9. The van der Waals surface area contributed by atoms with Crippen molar-refractivity contribution in [3.63, 3.8) is 0 Å². The van der Waals surface area contributed by atoms with Gasteiger partial charge in [0.1, 0.15) is 5.52 Å². The molecule has 0 saturated carbocycles. The van der Waals surface area contributed by atoms with Gasteiger partial charge in [-0.2, -0.15) is 0 Å². The van der Waals surface area contributed by atoms with Crippen molar-refractivity contribution >= 4 is 62.1 Å². The summed E-state index contributed by atoms with van der Waals surface area (Å²) in [5, 5.41) is 2.48. The first-order valence-corrected chi connectivity index (χ1v) is 18.6. The molecule has 0 amide bonds. The van der Waals surface area contributed by atoms with E-state index in [1.54, 1.807) is 0 Å². The first kappa shape index (κ1) is 31.1. The first-order valence-electron chi connectivity index (χ1n) is 18.6. The number of oxazole rings is 1. The highest BCUT2D eigenvalue weighted by atomic mass is 16.3. The van der Waals surface area contributed by atoms with Crippen molar-refractivity contribution in [2.24, 2.45) is 0 Å². The summed E-state index contributed by atoms with van der Waals surface area (Å²) in [4.78, 5) is 6.77. The third kappa shape index (κ3) is 5.19. The minimum absolute atomic E-state index is 0.786. The van der Waals surface area contributed by atoms with Crippen LogP contribution in [0.2, 0.25) is 0 Å². The summed E-state index contributed by atoms with van der Waals surface area (Å²) in [6.45, 7) is 0. The van der Waals surface area contributed by atoms with Crippen LogP contribution in [0, 0.1) is 0 Å². The van der Waals surface area contributed by atoms with E-state index in [0.717, 1.165) is 44.9 Å². The SMILES string of the molecule is C1=Cc2cccc3c4ccc(N(c5ccc(-c6ccc7ocnc7c6)cc5)c5cccc(-c6ccccc6-c6ccccc6)c5)cc4n(c23)-c2ccccc21. The lowest BCUT2D eigenvalue weighted by Crippen LogP contribution is -2.10. The van der Waals surface area contributed by atoms with Gasteiger partial charge >= 0.3 is 0 Å². The van der Waals surface area contributed by atoms with Gasteiger partial charge in [0.15, 0.2) is 12.0 Å². The smallest absolute Gasteiger partial charge is 0.181 e. The van der Waals surface area contributed by atoms with Crippen LogP contribution in [0.3, 0.4) is 0 Å². The molecular weight excluding hydrogens is 671 g/mol. The fourth-order valence-corrected chi connectivity index (χ4v) is 8.32. The summed E-state index contributed by atoms with van der Waals surface area (Å²) in [7, 11) is 0. The predicted molar refractivity (Wildman–Crippen MR) is 228 cm³/mol. The highest BCUT2D eigenvalue weighted by Gasteiger charge is 2.21. The van der Waals surface area contributed by atoms with Crippen LogP contribution in [-0.2, 0) is 0 Å². The highest BCUT2D eigenvalue weighted by Crippen LogP contribution is 2.43. The van der Waals surface area contributed by atoms with Crippen molar-refractivity contribution in [3.8, 4) is 39.1 Å². The van der Waals surface area contributed by atoms with Gasteiger partial charge < -0.3 is 13.9 Å². The van der Waals surface area contributed by atoms with Gasteiger partial charge in [0.05, 0.1) is 16.7 Å². The Morgan fingerprint density at radius 3 is 2.04 bits per heavy atom. The van der Waals surface area contributed by atoms with Gasteiger partial charge in [0.25, 0.3) is 0 Å². The number of anilines is 3. The molecule has 2 aromatic heterocycles. The predicted octanol–water partition coefficient (Wildman–Crippen LogP) is 13.9.